The van der Waals surface area contributed by atoms with E-state index in [1.807, 2.05) is 6.92 Å². The fourth-order valence-corrected chi connectivity index (χ4v) is 3.19. The Morgan fingerprint density at radius 2 is 1.39 bits per heavy atom. The SMILES string of the molecule is CC[C@@H](C[C@H](C)O)O[C@@H]1O[C@H](COC(C)=O)[C@@H](OC(C)=O)[C@H](OC(C)=O)[C@H]1OC(C)=O. The van der Waals surface area contributed by atoms with Crippen LogP contribution in [0.1, 0.15) is 54.4 Å². The Bertz CT molecular complexity index is 633. The van der Waals surface area contributed by atoms with Crippen molar-refractivity contribution in [3.8, 4) is 0 Å². The van der Waals surface area contributed by atoms with Crippen LogP contribution in [0.25, 0.3) is 0 Å². The molecule has 0 aromatic rings. The lowest BCUT2D eigenvalue weighted by Crippen LogP contribution is -2.63. The zero-order valence-corrected chi connectivity index (χ0v) is 18.7. The molecular formula is C20H32O11. The summed E-state index contributed by atoms with van der Waals surface area (Å²) in [6.07, 6.45) is -6.50. The molecule has 0 aromatic carbocycles. The molecule has 0 saturated carbocycles. The van der Waals surface area contributed by atoms with Crippen molar-refractivity contribution in [3.05, 3.63) is 0 Å². The molecule has 1 aliphatic rings. The summed E-state index contributed by atoms with van der Waals surface area (Å²) < 4.78 is 32.8. The molecule has 1 fully saturated rings. The van der Waals surface area contributed by atoms with Gasteiger partial charge in [-0.15, -0.1) is 0 Å². The number of hydrogen-bond donors (Lipinski definition) is 1. The standard InChI is InChI=1S/C20H32O11/c1-7-15(8-10(2)21)30-20-19(29-14(6)25)18(28-13(5)24)17(27-12(4)23)16(31-20)9-26-11(3)22/h10,15-21H,7-9H2,1-6H3/t10-,15-,16+,17+,18-,19+,20+/m0/s1. The van der Waals surface area contributed by atoms with Gasteiger partial charge in [0.15, 0.2) is 24.6 Å². The Morgan fingerprint density at radius 1 is 0.871 bits per heavy atom. The molecule has 7 atom stereocenters. The monoisotopic (exact) mass is 448 g/mol. The highest BCUT2D eigenvalue weighted by Crippen LogP contribution is 2.31. The van der Waals surface area contributed by atoms with Gasteiger partial charge in [-0.3, -0.25) is 19.2 Å². The average Bonchev–Trinajstić information content (AvgIpc) is 2.62. The van der Waals surface area contributed by atoms with Crippen molar-refractivity contribution >= 4 is 23.9 Å². The van der Waals surface area contributed by atoms with Gasteiger partial charge in [-0.05, 0) is 19.8 Å². The molecule has 0 aromatic heterocycles. The summed E-state index contributed by atoms with van der Waals surface area (Å²) in [5.74, 6) is -2.74. The second kappa shape index (κ2) is 12.6. The van der Waals surface area contributed by atoms with Crippen LogP contribution in [0.3, 0.4) is 0 Å². The van der Waals surface area contributed by atoms with Crippen LogP contribution in [0.4, 0.5) is 0 Å². The lowest BCUT2D eigenvalue weighted by atomic mass is 9.97. The molecule has 0 aliphatic carbocycles. The van der Waals surface area contributed by atoms with Gasteiger partial charge in [-0.25, -0.2) is 0 Å². The highest BCUT2D eigenvalue weighted by atomic mass is 16.7. The maximum atomic E-state index is 11.8. The molecule has 178 valence electrons. The summed E-state index contributed by atoms with van der Waals surface area (Å²) in [6, 6.07) is 0. The van der Waals surface area contributed by atoms with Crippen LogP contribution >= 0.6 is 0 Å². The van der Waals surface area contributed by atoms with Crippen LogP contribution in [0.5, 0.6) is 0 Å². The number of carbonyl (C=O) groups excluding carboxylic acids is 4. The minimum absolute atomic E-state index is 0.267. The molecule has 1 N–H and O–H groups in total. The van der Waals surface area contributed by atoms with E-state index >= 15 is 0 Å². The number of aliphatic hydroxyl groups excluding tert-OH is 1. The predicted molar refractivity (Wildman–Crippen MR) is 103 cm³/mol. The molecular weight excluding hydrogens is 416 g/mol. The minimum Gasteiger partial charge on any atom is -0.463 e. The van der Waals surface area contributed by atoms with Gasteiger partial charge in [-0.1, -0.05) is 6.92 Å². The zero-order valence-electron chi connectivity index (χ0n) is 18.7. The largest absolute Gasteiger partial charge is 0.463 e. The van der Waals surface area contributed by atoms with E-state index in [0.29, 0.717) is 6.42 Å². The summed E-state index contributed by atoms with van der Waals surface area (Å²) in [4.78, 5) is 46.5. The van der Waals surface area contributed by atoms with Gasteiger partial charge in [0.05, 0.1) is 12.2 Å². The van der Waals surface area contributed by atoms with Crippen LogP contribution in [-0.4, -0.2) is 78.5 Å². The Balaban J connectivity index is 3.33. The van der Waals surface area contributed by atoms with Gasteiger partial charge in [0.2, 0.25) is 0 Å². The first-order valence-corrected chi connectivity index (χ1v) is 10.1. The quantitative estimate of drug-likeness (QED) is 0.371. The molecule has 0 radical (unpaired) electrons. The van der Waals surface area contributed by atoms with Crippen molar-refractivity contribution in [2.75, 3.05) is 6.61 Å². The molecule has 1 heterocycles. The lowest BCUT2D eigenvalue weighted by Gasteiger charge is -2.44. The molecule has 11 nitrogen and oxygen atoms in total. The minimum atomic E-state index is -1.28. The van der Waals surface area contributed by atoms with Crippen molar-refractivity contribution in [2.24, 2.45) is 0 Å². The van der Waals surface area contributed by atoms with E-state index in [4.69, 9.17) is 28.4 Å². The summed E-state index contributed by atoms with van der Waals surface area (Å²) in [5, 5.41) is 9.71. The summed E-state index contributed by atoms with van der Waals surface area (Å²) in [6.45, 7) is 7.74. The Labute approximate surface area is 181 Å². The fraction of sp³-hybridized carbons (Fsp3) is 0.800. The van der Waals surface area contributed by atoms with Gasteiger partial charge >= 0.3 is 23.9 Å². The molecule has 1 rings (SSSR count). The third-order valence-corrected chi connectivity index (χ3v) is 4.33. The predicted octanol–water partition coefficient (Wildman–Crippen LogP) is 0.636. The molecule has 0 bridgehead atoms. The lowest BCUT2D eigenvalue weighted by molar-refractivity contribution is -0.318. The summed E-state index contributed by atoms with van der Waals surface area (Å²) >= 11 is 0. The number of esters is 4. The van der Waals surface area contributed by atoms with Gasteiger partial charge in [0.25, 0.3) is 0 Å². The number of rotatable bonds is 10. The average molecular weight is 448 g/mol. The van der Waals surface area contributed by atoms with Crippen molar-refractivity contribution in [1.82, 2.24) is 0 Å². The van der Waals surface area contributed by atoms with E-state index in [9.17, 15) is 24.3 Å². The van der Waals surface area contributed by atoms with Crippen molar-refractivity contribution in [1.29, 1.82) is 0 Å². The number of aliphatic hydroxyl groups is 1. The fourth-order valence-electron chi connectivity index (χ4n) is 3.19. The smallest absolute Gasteiger partial charge is 0.303 e. The third kappa shape index (κ3) is 9.19. The van der Waals surface area contributed by atoms with E-state index in [0.717, 1.165) is 20.8 Å². The first kappa shape index (κ1) is 26.8. The first-order chi connectivity index (χ1) is 14.4. The molecule has 11 heteroatoms. The van der Waals surface area contributed by atoms with Crippen LogP contribution in [0.2, 0.25) is 0 Å². The molecule has 1 aliphatic heterocycles. The molecule has 1 saturated heterocycles. The van der Waals surface area contributed by atoms with E-state index < -0.39 is 66.8 Å². The Morgan fingerprint density at radius 3 is 1.84 bits per heavy atom. The van der Waals surface area contributed by atoms with E-state index in [1.165, 1.54) is 6.92 Å². The van der Waals surface area contributed by atoms with Crippen molar-refractivity contribution < 1.29 is 52.7 Å². The van der Waals surface area contributed by atoms with Gasteiger partial charge in [0, 0.05) is 27.7 Å². The van der Waals surface area contributed by atoms with E-state index in [-0.39, 0.29) is 13.0 Å². The van der Waals surface area contributed by atoms with Crippen molar-refractivity contribution in [3.63, 3.8) is 0 Å². The molecule has 0 amide bonds. The maximum absolute atomic E-state index is 11.8. The number of ether oxygens (including phenoxy) is 6. The number of hydrogen-bond acceptors (Lipinski definition) is 11. The van der Waals surface area contributed by atoms with Gasteiger partial charge < -0.3 is 33.5 Å². The molecule has 0 spiro atoms. The topological polar surface area (TPSA) is 144 Å². The van der Waals surface area contributed by atoms with Gasteiger partial charge in [0.1, 0.15) is 12.7 Å². The first-order valence-electron chi connectivity index (χ1n) is 10.1. The Kier molecular flexibility index (Phi) is 10.9. The number of carbonyl (C=O) groups is 4. The normalized spacial score (nSPS) is 27.5. The maximum Gasteiger partial charge on any atom is 0.303 e. The molecule has 0 unspecified atom stereocenters. The second-order valence-electron chi connectivity index (χ2n) is 7.32. The third-order valence-electron chi connectivity index (χ3n) is 4.33. The molecule has 31 heavy (non-hydrogen) atoms. The highest BCUT2D eigenvalue weighted by Gasteiger charge is 2.53. The highest BCUT2D eigenvalue weighted by molar-refractivity contribution is 5.68. The summed E-state index contributed by atoms with van der Waals surface area (Å²) in [7, 11) is 0. The van der Waals surface area contributed by atoms with Crippen LogP contribution in [-0.2, 0) is 47.6 Å². The van der Waals surface area contributed by atoms with Crippen molar-refractivity contribution in [2.45, 2.75) is 97.3 Å². The van der Waals surface area contributed by atoms with E-state index in [1.54, 1.807) is 6.92 Å². The van der Waals surface area contributed by atoms with E-state index in [2.05, 4.69) is 0 Å². The Hall–Kier alpha value is -2.24. The van der Waals surface area contributed by atoms with Crippen LogP contribution < -0.4 is 0 Å². The van der Waals surface area contributed by atoms with Crippen LogP contribution in [0, 0.1) is 0 Å². The van der Waals surface area contributed by atoms with Gasteiger partial charge in [-0.2, -0.15) is 0 Å². The second-order valence-corrected chi connectivity index (χ2v) is 7.32. The summed E-state index contributed by atoms with van der Waals surface area (Å²) in [5.41, 5.74) is 0. The zero-order chi connectivity index (χ0) is 23.7. The van der Waals surface area contributed by atoms with Crippen LogP contribution in [0.15, 0.2) is 0 Å².